The van der Waals surface area contributed by atoms with E-state index in [2.05, 4.69) is 26.4 Å². The first-order valence-corrected chi connectivity index (χ1v) is 7.05. The van der Waals surface area contributed by atoms with Gasteiger partial charge < -0.3 is 14.3 Å². The zero-order valence-corrected chi connectivity index (χ0v) is 11.8. The molecule has 102 valence electrons. The van der Waals surface area contributed by atoms with E-state index in [-0.39, 0.29) is 6.10 Å². The first-order valence-electron chi connectivity index (χ1n) is 6.64. The molecule has 5 nitrogen and oxygen atoms in total. The van der Waals surface area contributed by atoms with Crippen molar-refractivity contribution in [2.24, 2.45) is 0 Å². The molecule has 1 N–H and O–H groups in total. The van der Waals surface area contributed by atoms with Crippen molar-refractivity contribution < 1.29 is 4.74 Å². The van der Waals surface area contributed by atoms with E-state index in [4.69, 9.17) is 17.0 Å². The average molecular weight is 278 g/mol. The number of aromatic nitrogens is 3. The highest BCUT2D eigenvalue weighted by Gasteiger charge is 2.20. The molecule has 0 amide bonds. The fourth-order valence-electron chi connectivity index (χ4n) is 2.57. The monoisotopic (exact) mass is 278 g/mol. The Morgan fingerprint density at radius 3 is 3.32 bits per heavy atom. The van der Waals surface area contributed by atoms with Gasteiger partial charge >= 0.3 is 0 Å². The zero-order chi connectivity index (χ0) is 13.2. The van der Waals surface area contributed by atoms with Gasteiger partial charge in [-0.3, -0.25) is 9.88 Å². The molecule has 0 saturated carbocycles. The summed E-state index contributed by atoms with van der Waals surface area (Å²) < 4.78 is 8.69. The number of nitrogens with one attached hydrogen (secondary N) is 1. The Kier molecular flexibility index (Phi) is 3.63. The van der Waals surface area contributed by atoms with Gasteiger partial charge in [0.15, 0.2) is 4.77 Å². The number of aromatic amines is 1. The molecule has 0 bridgehead atoms. The number of morpholine rings is 1. The molecular formula is C13H18N4OS. The number of hydrogen-bond donors (Lipinski definition) is 1. The molecular weight excluding hydrogens is 260 g/mol. The topological polar surface area (TPSA) is 46.1 Å². The maximum absolute atomic E-state index is 5.85. The summed E-state index contributed by atoms with van der Waals surface area (Å²) in [5.74, 6) is 0. The van der Waals surface area contributed by atoms with Crippen LogP contribution in [-0.4, -0.2) is 51.8 Å². The number of likely N-dealkylation sites (N-methyl/N-ethyl adjacent to an activating group) is 1. The first-order chi connectivity index (χ1) is 9.28. The SMILES string of the molecule is CCN1CCOC(Cn2c(=S)[nH]c3cnccc32)C1. The van der Waals surface area contributed by atoms with Crippen LogP contribution in [0.5, 0.6) is 0 Å². The number of nitrogens with zero attached hydrogens (tertiary/aromatic N) is 3. The van der Waals surface area contributed by atoms with E-state index < -0.39 is 0 Å². The number of ether oxygens (including phenoxy) is 1. The van der Waals surface area contributed by atoms with Crippen LogP contribution < -0.4 is 0 Å². The molecule has 0 radical (unpaired) electrons. The highest BCUT2D eigenvalue weighted by atomic mass is 32.1. The quantitative estimate of drug-likeness (QED) is 0.870. The summed E-state index contributed by atoms with van der Waals surface area (Å²) in [5.41, 5.74) is 2.08. The van der Waals surface area contributed by atoms with E-state index in [0.717, 1.165) is 48.6 Å². The van der Waals surface area contributed by atoms with Crippen LogP contribution in [0.25, 0.3) is 11.0 Å². The number of fused-ring (bicyclic) bond motifs is 1. The molecule has 3 rings (SSSR count). The maximum Gasteiger partial charge on any atom is 0.178 e. The molecule has 1 atom stereocenters. The van der Waals surface area contributed by atoms with Crippen LogP contribution >= 0.6 is 12.2 Å². The molecule has 6 heteroatoms. The molecule has 1 fully saturated rings. The Bertz CT molecular complexity index is 620. The summed E-state index contributed by atoms with van der Waals surface area (Å²) in [4.78, 5) is 9.71. The standard InChI is InChI=1S/C13H18N4OS/c1-2-16-5-6-18-10(8-16)9-17-12-3-4-14-7-11(12)15-13(17)19/h3-4,7,10H,2,5-6,8-9H2,1H3,(H,15,19). The lowest BCUT2D eigenvalue weighted by Crippen LogP contribution is -2.43. The van der Waals surface area contributed by atoms with Crippen molar-refractivity contribution >= 4 is 23.3 Å². The lowest BCUT2D eigenvalue weighted by atomic mass is 10.2. The van der Waals surface area contributed by atoms with Crippen LogP contribution in [0.1, 0.15) is 6.92 Å². The van der Waals surface area contributed by atoms with Crippen molar-refractivity contribution in [1.29, 1.82) is 0 Å². The minimum Gasteiger partial charge on any atom is -0.374 e. The summed E-state index contributed by atoms with van der Waals surface area (Å²) in [5, 5.41) is 0. The molecule has 0 aromatic carbocycles. The van der Waals surface area contributed by atoms with Crippen LogP contribution in [0.15, 0.2) is 18.5 Å². The average Bonchev–Trinajstić information content (AvgIpc) is 2.76. The Hall–Kier alpha value is -1.24. The highest BCUT2D eigenvalue weighted by Crippen LogP contribution is 2.15. The van der Waals surface area contributed by atoms with E-state index in [0.29, 0.717) is 0 Å². The van der Waals surface area contributed by atoms with Crippen molar-refractivity contribution in [3.05, 3.63) is 23.2 Å². The van der Waals surface area contributed by atoms with Gasteiger partial charge in [0, 0.05) is 19.3 Å². The van der Waals surface area contributed by atoms with Crippen molar-refractivity contribution in [3.63, 3.8) is 0 Å². The molecule has 2 aromatic heterocycles. The number of pyridine rings is 1. The highest BCUT2D eigenvalue weighted by molar-refractivity contribution is 7.71. The van der Waals surface area contributed by atoms with Crippen LogP contribution in [0.4, 0.5) is 0 Å². The normalized spacial score (nSPS) is 21.0. The van der Waals surface area contributed by atoms with Crippen molar-refractivity contribution in [2.45, 2.75) is 19.6 Å². The number of H-pyrrole nitrogens is 1. The molecule has 1 aliphatic heterocycles. The van der Waals surface area contributed by atoms with Gasteiger partial charge in [-0.2, -0.15) is 0 Å². The summed E-state index contributed by atoms with van der Waals surface area (Å²) in [7, 11) is 0. The smallest absolute Gasteiger partial charge is 0.178 e. The second kappa shape index (κ2) is 5.40. The Morgan fingerprint density at radius 2 is 2.47 bits per heavy atom. The van der Waals surface area contributed by atoms with E-state index in [1.54, 1.807) is 6.20 Å². The Balaban J connectivity index is 1.85. The van der Waals surface area contributed by atoms with Gasteiger partial charge in [-0.05, 0) is 24.8 Å². The predicted molar refractivity (Wildman–Crippen MR) is 76.8 cm³/mol. The predicted octanol–water partition coefficient (Wildman–Crippen LogP) is 1.81. The third-order valence-corrected chi connectivity index (χ3v) is 3.95. The summed E-state index contributed by atoms with van der Waals surface area (Å²) in [6, 6.07) is 1.99. The third-order valence-electron chi connectivity index (χ3n) is 3.63. The molecule has 19 heavy (non-hydrogen) atoms. The lowest BCUT2D eigenvalue weighted by Gasteiger charge is -2.32. The van der Waals surface area contributed by atoms with E-state index in [1.807, 2.05) is 12.3 Å². The van der Waals surface area contributed by atoms with Gasteiger partial charge in [0.25, 0.3) is 0 Å². The minimum absolute atomic E-state index is 0.201. The number of rotatable bonds is 3. The molecule has 2 aromatic rings. The minimum atomic E-state index is 0.201. The van der Waals surface area contributed by atoms with Crippen molar-refractivity contribution in [1.82, 2.24) is 19.4 Å². The number of imidazole rings is 1. The van der Waals surface area contributed by atoms with Crippen LogP contribution in [0, 0.1) is 4.77 Å². The summed E-state index contributed by atoms with van der Waals surface area (Å²) in [6.07, 6.45) is 3.80. The molecule has 3 heterocycles. The van der Waals surface area contributed by atoms with E-state index in [9.17, 15) is 0 Å². The Morgan fingerprint density at radius 1 is 1.58 bits per heavy atom. The van der Waals surface area contributed by atoms with Crippen LogP contribution in [0.3, 0.4) is 0 Å². The molecule has 0 aliphatic carbocycles. The van der Waals surface area contributed by atoms with Crippen LogP contribution in [-0.2, 0) is 11.3 Å². The van der Waals surface area contributed by atoms with Gasteiger partial charge in [0.05, 0.1) is 36.5 Å². The fourth-order valence-corrected chi connectivity index (χ4v) is 2.86. The van der Waals surface area contributed by atoms with Crippen molar-refractivity contribution in [2.75, 3.05) is 26.2 Å². The molecule has 1 aliphatic rings. The van der Waals surface area contributed by atoms with Crippen molar-refractivity contribution in [3.8, 4) is 0 Å². The van der Waals surface area contributed by atoms with Gasteiger partial charge in [-0.15, -0.1) is 0 Å². The maximum atomic E-state index is 5.85. The molecule has 0 spiro atoms. The van der Waals surface area contributed by atoms with Gasteiger partial charge in [-0.25, -0.2) is 0 Å². The Labute approximate surface area is 117 Å². The number of hydrogen-bond acceptors (Lipinski definition) is 4. The largest absolute Gasteiger partial charge is 0.374 e. The second-order valence-corrected chi connectivity index (χ2v) is 5.21. The van der Waals surface area contributed by atoms with Gasteiger partial charge in [0.2, 0.25) is 0 Å². The fraction of sp³-hybridized carbons (Fsp3) is 0.538. The van der Waals surface area contributed by atoms with Crippen LogP contribution in [0.2, 0.25) is 0 Å². The first kappa shape index (κ1) is 12.8. The summed E-state index contributed by atoms with van der Waals surface area (Å²) in [6.45, 7) is 6.84. The van der Waals surface area contributed by atoms with E-state index >= 15 is 0 Å². The molecule has 1 unspecified atom stereocenters. The van der Waals surface area contributed by atoms with Gasteiger partial charge in [-0.1, -0.05) is 6.92 Å². The van der Waals surface area contributed by atoms with E-state index in [1.165, 1.54) is 0 Å². The third kappa shape index (κ3) is 2.56. The second-order valence-electron chi connectivity index (χ2n) is 4.82. The molecule has 1 saturated heterocycles. The zero-order valence-electron chi connectivity index (χ0n) is 11.0. The van der Waals surface area contributed by atoms with Gasteiger partial charge in [0.1, 0.15) is 0 Å². The summed E-state index contributed by atoms with van der Waals surface area (Å²) >= 11 is 5.39. The lowest BCUT2D eigenvalue weighted by molar-refractivity contribution is -0.0339.